The minimum atomic E-state index is -0.168. The molecule has 0 amide bonds. The van der Waals surface area contributed by atoms with Gasteiger partial charge in [0, 0.05) is 12.5 Å². The molecule has 6 heteroatoms. The summed E-state index contributed by atoms with van der Waals surface area (Å²) in [6.45, 7) is 8.94. The van der Waals surface area contributed by atoms with Crippen molar-refractivity contribution in [3.8, 4) is 5.88 Å². The van der Waals surface area contributed by atoms with Crippen LogP contribution in [0, 0.1) is 6.92 Å². The molecule has 0 aliphatic rings. The van der Waals surface area contributed by atoms with Gasteiger partial charge in [-0.1, -0.05) is 20.8 Å². The van der Waals surface area contributed by atoms with Crippen LogP contribution in [0.15, 0.2) is 0 Å². The Kier molecular flexibility index (Phi) is 4.86. The van der Waals surface area contributed by atoms with Gasteiger partial charge in [0.1, 0.15) is 12.4 Å². The topological polar surface area (TPSA) is 82.3 Å². The van der Waals surface area contributed by atoms with Crippen LogP contribution in [-0.2, 0) is 10.2 Å². The van der Waals surface area contributed by atoms with Crippen LogP contribution >= 0.6 is 0 Å². The summed E-state index contributed by atoms with van der Waals surface area (Å²) in [7, 11) is 1.63. The third-order valence-corrected chi connectivity index (χ3v) is 2.43. The minimum Gasteiger partial charge on any atom is -0.475 e. The van der Waals surface area contributed by atoms with E-state index in [-0.39, 0.29) is 5.41 Å². The molecule has 0 unspecified atom stereocenters. The zero-order valence-corrected chi connectivity index (χ0v) is 11.7. The summed E-state index contributed by atoms with van der Waals surface area (Å²) in [5, 5.41) is 0. The highest BCUT2D eigenvalue weighted by molar-refractivity contribution is 5.48. The van der Waals surface area contributed by atoms with E-state index in [2.05, 4.69) is 15.4 Å². The highest BCUT2D eigenvalue weighted by Gasteiger charge is 2.21. The minimum absolute atomic E-state index is 0.168. The Morgan fingerprint density at radius 1 is 1.22 bits per heavy atom. The molecule has 6 nitrogen and oxygen atoms in total. The first-order valence-electron chi connectivity index (χ1n) is 5.87. The van der Waals surface area contributed by atoms with E-state index in [9.17, 15) is 0 Å². The molecule has 0 spiro atoms. The van der Waals surface area contributed by atoms with Crippen LogP contribution in [0.5, 0.6) is 5.88 Å². The largest absolute Gasteiger partial charge is 0.475 e. The zero-order valence-electron chi connectivity index (χ0n) is 11.7. The molecule has 0 aliphatic carbocycles. The number of methoxy groups -OCH3 is 1. The molecule has 102 valence electrons. The summed E-state index contributed by atoms with van der Waals surface area (Å²) in [5.74, 6) is 7.28. The summed E-state index contributed by atoms with van der Waals surface area (Å²) in [5.41, 5.74) is 3.20. The Balaban J connectivity index is 3.07. The van der Waals surface area contributed by atoms with Gasteiger partial charge in [-0.15, -0.1) is 0 Å². The van der Waals surface area contributed by atoms with E-state index in [1.54, 1.807) is 7.11 Å². The van der Waals surface area contributed by atoms with Gasteiger partial charge in [-0.05, 0) is 6.92 Å². The molecule has 18 heavy (non-hydrogen) atoms. The van der Waals surface area contributed by atoms with E-state index in [4.69, 9.17) is 15.3 Å². The molecule has 1 aromatic rings. The van der Waals surface area contributed by atoms with Gasteiger partial charge in [0.25, 0.3) is 0 Å². The molecule has 0 bridgehead atoms. The predicted molar refractivity (Wildman–Crippen MR) is 70.7 cm³/mol. The third kappa shape index (κ3) is 3.54. The summed E-state index contributed by atoms with van der Waals surface area (Å²) >= 11 is 0. The lowest BCUT2D eigenvalue weighted by atomic mass is 9.95. The quantitative estimate of drug-likeness (QED) is 0.469. The molecule has 1 aromatic heterocycles. The fourth-order valence-corrected chi connectivity index (χ4v) is 1.33. The van der Waals surface area contributed by atoms with Gasteiger partial charge in [0.05, 0.1) is 12.2 Å². The second-order valence-electron chi connectivity index (χ2n) is 5.06. The Labute approximate surface area is 108 Å². The normalized spacial score (nSPS) is 11.4. The standard InChI is InChI=1S/C12H22N4O2/c1-8-9(16-13)14-11(12(2,3)4)15-10(8)18-7-6-17-5/h6-7,13H2,1-5H3,(H,14,15,16). The van der Waals surface area contributed by atoms with Crippen molar-refractivity contribution in [2.24, 2.45) is 5.84 Å². The Morgan fingerprint density at radius 3 is 2.39 bits per heavy atom. The summed E-state index contributed by atoms with van der Waals surface area (Å²) < 4.78 is 10.5. The highest BCUT2D eigenvalue weighted by atomic mass is 16.5. The smallest absolute Gasteiger partial charge is 0.221 e. The van der Waals surface area contributed by atoms with Crippen molar-refractivity contribution in [1.29, 1.82) is 0 Å². The summed E-state index contributed by atoms with van der Waals surface area (Å²) in [6.07, 6.45) is 0. The number of hydrogen-bond acceptors (Lipinski definition) is 6. The van der Waals surface area contributed by atoms with Crippen LogP contribution in [0.3, 0.4) is 0 Å². The fraction of sp³-hybridized carbons (Fsp3) is 0.667. The Morgan fingerprint density at radius 2 is 1.89 bits per heavy atom. The molecule has 0 aromatic carbocycles. The van der Waals surface area contributed by atoms with Crippen LogP contribution in [0.25, 0.3) is 0 Å². The molecular weight excluding hydrogens is 232 g/mol. The van der Waals surface area contributed by atoms with Gasteiger partial charge in [0.15, 0.2) is 5.82 Å². The molecule has 0 fully saturated rings. The van der Waals surface area contributed by atoms with Crippen LogP contribution < -0.4 is 16.0 Å². The number of anilines is 1. The SMILES string of the molecule is COCCOc1nc(C(C)(C)C)nc(NN)c1C. The lowest BCUT2D eigenvalue weighted by Crippen LogP contribution is -2.21. The van der Waals surface area contributed by atoms with Gasteiger partial charge in [0.2, 0.25) is 5.88 Å². The van der Waals surface area contributed by atoms with E-state index in [0.29, 0.717) is 30.7 Å². The monoisotopic (exact) mass is 254 g/mol. The molecule has 0 radical (unpaired) electrons. The van der Waals surface area contributed by atoms with Crippen molar-refractivity contribution >= 4 is 5.82 Å². The molecule has 0 atom stereocenters. The van der Waals surface area contributed by atoms with E-state index in [1.165, 1.54) is 0 Å². The van der Waals surface area contributed by atoms with Crippen LogP contribution in [0.2, 0.25) is 0 Å². The predicted octanol–water partition coefficient (Wildman–Crippen LogP) is 1.39. The number of nitrogens with zero attached hydrogens (tertiary/aromatic N) is 2. The first kappa shape index (κ1) is 14.7. The second-order valence-corrected chi connectivity index (χ2v) is 5.06. The van der Waals surface area contributed by atoms with Crippen molar-refractivity contribution < 1.29 is 9.47 Å². The van der Waals surface area contributed by atoms with Gasteiger partial charge < -0.3 is 14.9 Å². The number of ether oxygens (including phenoxy) is 2. The number of rotatable bonds is 5. The molecule has 1 rings (SSSR count). The average Bonchev–Trinajstić information content (AvgIpc) is 2.30. The van der Waals surface area contributed by atoms with Crippen molar-refractivity contribution in [1.82, 2.24) is 9.97 Å². The maximum absolute atomic E-state index is 5.58. The number of nitrogens with two attached hydrogens (primary N) is 1. The highest BCUT2D eigenvalue weighted by Crippen LogP contribution is 2.27. The average molecular weight is 254 g/mol. The second kappa shape index (κ2) is 5.97. The van der Waals surface area contributed by atoms with Crippen molar-refractivity contribution in [2.45, 2.75) is 33.1 Å². The number of hydrazine groups is 1. The molecular formula is C12H22N4O2. The van der Waals surface area contributed by atoms with E-state index >= 15 is 0 Å². The number of nitrogen functional groups attached to an aromatic ring is 1. The summed E-state index contributed by atoms with van der Waals surface area (Å²) in [6, 6.07) is 0. The maximum Gasteiger partial charge on any atom is 0.221 e. The van der Waals surface area contributed by atoms with Crippen LogP contribution in [0.1, 0.15) is 32.2 Å². The van der Waals surface area contributed by atoms with E-state index < -0.39 is 0 Å². The number of aromatic nitrogens is 2. The van der Waals surface area contributed by atoms with Crippen LogP contribution in [-0.4, -0.2) is 30.3 Å². The lowest BCUT2D eigenvalue weighted by molar-refractivity contribution is 0.143. The first-order valence-corrected chi connectivity index (χ1v) is 5.87. The third-order valence-electron chi connectivity index (χ3n) is 2.43. The molecule has 0 saturated heterocycles. The van der Waals surface area contributed by atoms with E-state index in [1.807, 2.05) is 27.7 Å². The van der Waals surface area contributed by atoms with Crippen molar-refractivity contribution in [3.05, 3.63) is 11.4 Å². The molecule has 1 heterocycles. The van der Waals surface area contributed by atoms with Gasteiger partial charge in [-0.3, -0.25) is 0 Å². The van der Waals surface area contributed by atoms with Gasteiger partial charge >= 0.3 is 0 Å². The molecule has 0 aliphatic heterocycles. The van der Waals surface area contributed by atoms with Crippen molar-refractivity contribution in [3.63, 3.8) is 0 Å². The fourth-order valence-electron chi connectivity index (χ4n) is 1.33. The number of nitrogens with one attached hydrogen (secondary N) is 1. The first-order chi connectivity index (χ1) is 8.40. The maximum atomic E-state index is 5.58. The molecule has 0 saturated carbocycles. The zero-order chi connectivity index (χ0) is 13.8. The lowest BCUT2D eigenvalue weighted by Gasteiger charge is -2.20. The Hall–Kier alpha value is -1.40. The summed E-state index contributed by atoms with van der Waals surface area (Å²) in [4.78, 5) is 8.83. The molecule has 3 N–H and O–H groups in total. The van der Waals surface area contributed by atoms with Gasteiger partial charge in [-0.2, -0.15) is 4.98 Å². The van der Waals surface area contributed by atoms with Crippen molar-refractivity contribution in [2.75, 3.05) is 25.7 Å². The van der Waals surface area contributed by atoms with Crippen LogP contribution in [0.4, 0.5) is 5.82 Å². The number of hydrogen-bond donors (Lipinski definition) is 2. The Bertz CT molecular complexity index is 402. The van der Waals surface area contributed by atoms with E-state index in [0.717, 1.165) is 5.56 Å². The van der Waals surface area contributed by atoms with Gasteiger partial charge in [-0.25, -0.2) is 10.8 Å².